The van der Waals surface area contributed by atoms with E-state index in [9.17, 15) is 5.26 Å². The quantitative estimate of drug-likeness (QED) is 0.772. The van der Waals surface area contributed by atoms with E-state index >= 15 is 0 Å². The highest BCUT2D eigenvalue weighted by Gasteiger charge is 2.26. The standard InChI is InChI=1S/C16H22N2S/c1-4-19-16-7-5-6-15(14(16)10-17)18-9-8-13(11-18)12(2)3/h5-7,12-13H,4,8-9,11H2,1-3H3. The maximum Gasteiger partial charge on any atom is 0.103 e. The third kappa shape index (κ3) is 3.06. The zero-order chi connectivity index (χ0) is 13.8. The second-order valence-electron chi connectivity index (χ2n) is 5.43. The van der Waals surface area contributed by atoms with Gasteiger partial charge < -0.3 is 4.90 Å². The average molecular weight is 274 g/mol. The molecule has 0 aromatic heterocycles. The zero-order valence-electron chi connectivity index (χ0n) is 12.0. The summed E-state index contributed by atoms with van der Waals surface area (Å²) in [6.45, 7) is 8.89. The first kappa shape index (κ1) is 14.3. The number of rotatable bonds is 4. The molecule has 1 heterocycles. The van der Waals surface area contributed by atoms with Crippen molar-refractivity contribution in [1.82, 2.24) is 0 Å². The van der Waals surface area contributed by atoms with E-state index in [1.54, 1.807) is 11.8 Å². The Bertz CT molecular complexity index is 476. The van der Waals surface area contributed by atoms with Gasteiger partial charge in [-0.15, -0.1) is 11.8 Å². The Morgan fingerprint density at radius 3 is 2.84 bits per heavy atom. The van der Waals surface area contributed by atoms with Crippen LogP contribution in [0.25, 0.3) is 0 Å². The summed E-state index contributed by atoms with van der Waals surface area (Å²) >= 11 is 1.76. The molecule has 102 valence electrons. The lowest BCUT2D eigenvalue weighted by Crippen LogP contribution is -2.22. The summed E-state index contributed by atoms with van der Waals surface area (Å²) in [5.41, 5.74) is 1.99. The van der Waals surface area contributed by atoms with Gasteiger partial charge in [0.1, 0.15) is 6.07 Å². The minimum Gasteiger partial charge on any atom is -0.370 e. The summed E-state index contributed by atoms with van der Waals surface area (Å²) in [6, 6.07) is 8.65. The Kier molecular flexibility index (Phi) is 4.76. The third-order valence-electron chi connectivity index (χ3n) is 3.92. The normalized spacial score (nSPS) is 18.9. The van der Waals surface area contributed by atoms with Crippen LogP contribution in [0.15, 0.2) is 23.1 Å². The molecule has 3 heteroatoms. The van der Waals surface area contributed by atoms with Gasteiger partial charge in [-0.05, 0) is 36.1 Å². The fraction of sp³-hybridized carbons (Fsp3) is 0.562. The Balaban J connectivity index is 2.26. The molecule has 1 aliphatic rings. The summed E-state index contributed by atoms with van der Waals surface area (Å²) in [7, 11) is 0. The van der Waals surface area contributed by atoms with Crippen LogP contribution in [0.3, 0.4) is 0 Å². The van der Waals surface area contributed by atoms with Crippen LogP contribution in [0.1, 0.15) is 32.8 Å². The van der Waals surface area contributed by atoms with Crippen LogP contribution < -0.4 is 4.90 Å². The highest BCUT2D eigenvalue weighted by Crippen LogP contribution is 2.34. The number of hydrogen-bond donors (Lipinski definition) is 0. The molecular weight excluding hydrogens is 252 g/mol. The lowest BCUT2D eigenvalue weighted by Gasteiger charge is -2.22. The Morgan fingerprint density at radius 1 is 1.47 bits per heavy atom. The zero-order valence-corrected chi connectivity index (χ0v) is 12.8. The van der Waals surface area contributed by atoms with E-state index in [2.05, 4.69) is 49.9 Å². The Hall–Kier alpha value is -1.14. The molecule has 0 spiro atoms. The van der Waals surface area contributed by atoms with E-state index in [4.69, 9.17) is 0 Å². The second-order valence-corrected chi connectivity index (χ2v) is 6.74. The van der Waals surface area contributed by atoms with Gasteiger partial charge >= 0.3 is 0 Å². The first-order chi connectivity index (χ1) is 9.17. The van der Waals surface area contributed by atoms with Gasteiger partial charge in [0.15, 0.2) is 0 Å². The molecule has 0 radical (unpaired) electrons. The predicted molar refractivity (Wildman–Crippen MR) is 82.7 cm³/mol. The molecule has 1 atom stereocenters. The van der Waals surface area contributed by atoms with Gasteiger partial charge in [-0.25, -0.2) is 0 Å². The number of nitriles is 1. The topological polar surface area (TPSA) is 27.0 Å². The van der Waals surface area contributed by atoms with Gasteiger partial charge in [-0.2, -0.15) is 5.26 Å². The van der Waals surface area contributed by atoms with Gasteiger partial charge in [-0.3, -0.25) is 0 Å². The molecule has 1 saturated heterocycles. The van der Waals surface area contributed by atoms with Crippen molar-refractivity contribution < 1.29 is 0 Å². The van der Waals surface area contributed by atoms with Crippen LogP contribution in [0.2, 0.25) is 0 Å². The highest BCUT2D eigenvalue weighted by atomic mass is 32.2. The summed E-state index contributed by atoms with van der Waals surface area (Å²) in [6.07, 6.45) is 1.24. The van der Waals surface area contributed by atoms with Crippen molar-refractivity contribution in [3.63, 3.8) is 0 Å². The maximum absolute atomic E-state index is 9.47. The largest absolute Gasteiger partial charge is 0.370 e. The van der Waals surface area contributed by atoms with Crippen molar-refractivity contribution in [3.8, 4) is 6.07 Å². The summed E-state index contributed by atoms with van der Waals surface area (Å²) in [5.74, 6) is 2.49. The lowest BCUT2D eigenvalue weighted by molar-refractivity contribution is 0.423. The maximum atomic E-state index is 9.47. The van der Waals surface area contributed by atoms with Crippen molar-refractivity contribution in [3.05, 3.63) is 23.8 Å². The number of hydrogen-bond acceptors (Lipinski definition) is 3. The number of nitrogens with zero attached hydrogens (tertiary/aromatic N) is 2. The fourth-order valence-corrected chi connectivity index (χ4v) is 3.50. The van der Waals surface area contributed by atoms with E-state index in [0.29, 0.717) is 0 Å². The van der Waals surface area contributed by atoms with Crippen molar-refractivity contribution in [1.29, 1.82) is 5.26 Å². The van der Waals surface area contributed by atoms with Crippen LogP contribution in [0.4, 0.5) is 5.69 Å². The van der Waals surface area contributed by atoms with E-state index in [1.165, 1.54) is 6.42 Å². The van der Waals surface area contributed by atoms with Gasteiger partial charge in [0.25, 0.3) is 0 Å². The minimum atomic E-state index is 0.726. The second kappa shape index (κ2) is 6.34. The molecule has 0 bridgehead atoms. The molecule has 0 aliphatic carbocycles. The van der Waals surface area contributed by atoms with E-state index in [-0.39, 0.29) is 0 Å². The van der Waals surface area contributed by atoms with E-state index in [0.717, 1.165) is 46.8 Å². The van der Waals surface area contributed by atoms with Gasteiger partial charge in [-0.1, -0.05) is 26.8 Å². The van der Waals surface area contributed by atoms with Crippen molar-refractivity contribution in [2.24, 2.45) is 11.8 Å². The molecule has 1 unspecified atom stereocenters. The summed E-state index contributed by atoms with van der Waals surface area (Å²) < 4.78 is 0. The van der Waals surface area contributed by atoms with Crippen molar-refractivity contribution >= 4 is 17.4 Å². The van der Waals surface area contributed by atoms with Crippen LogP contribution in [-0.4, -0.2) is 18.8 Å². The summed E-state index contributed by atoms with van der Waals surface area (Å²) in [4.78, 5) is 3.51. The highest BCUT2D eigenvalue weighted by molar-refractivity contribution is 7.99. The van der Waals surface area contributed by atoms with Crippen LogP contribution in [0, 0.1) is 23.2 Å². The fourth-order valence-electron chi connectivity index (χ4n) is 2.72. The number of thioether (sulfide) groups is 1. The number of anilines is 1. The van der Waals surface area contributed by atoms with Gasteiger partial charge in [0.2, 0.25) is 0 Å². The molecule has 1 fully saturated rings. The summed E-state index contributed by atoms with van der Waals surface area (Å²) in [5, 5.41) is 9.47. The van der Waals surface area contributed by atoms with Crippen LogP contribution in [0.5, 0.6) is 0 Å². The molecule has 2 rings (SSSR count). The molecule has 2 nitrogen and oxygen atoms in total. The van der Waals surface area contributed by atoms with Gasteiger partial charge in [0.05, 0.1) is 11.3 Å². The lowest BCUT2D eigenvalue weighted by atomic mass is 9.95. The number of benzene rings is 1. The van der Waals surface area contributed by atoms with E-state index in [1.807, 2.05) is 0 Å². The molecule has 1 aromatic rings. The van der Waals surface area contributed by atoms with Crippen molar-refractivity contribution in [2.75, 3.05) is 23.7 Å². The van der Waals surface area contributed by atoms with Crippen molar-refractivity contribution in [2.45, 2.75) is 32.1 Å². The molecule has 0 amide bonds. The van der Waals surface area contributed by atoms with Crippen LogP contribution >= 0.6 is 11.8 Å². The third-order valence-corrected chi connectivity index (χ3v) is 4.86. The molecule has 1 aromatic carbocycles. The molecular formula is C16H22N2S. The minimum absolute atomic E-state index is 0.726. The molecule has 0 saturated carbocycles. The monoisotopic (exact) mass is 274 g/mol. The molecule has 0 N–H and O–H groups in total. The Morgan fingerprint density at radius 2 is 2.26 bits per heavy atom. The SMILES string of the molecule is CCSc1cccc(N2CCC(C(C)C)C2)c1C#N. The van der Waals surface area contributed by atoms with E-state index < -0.39 is 0 Å². The van der Waals surface area contributed by atoms with Crippen LogP contribution in [-0.2, 0) is 0 Å². The molecule has 19 heavy (non-hydrogen) atoms. The first-order valence-corrected chi connectivity index (χ1v) is 8.06. The smallest absolute Gasteiger partial charge is 0.103 e. The predicted octanol–water partition coefficient (Wildman–Crippen LogP) is 4.15. The first-order valence-electron chi connectivity index (χ1n) is 7.08. The van der Waals surface area contributed by atoms with Gasteiger partial charge in [0, 0.05) is 18.0 Å². The average Bonchev–Trinajstić information content (AvgIpc) is 2.88. The Labute approximate surface area is 120 Å². The molecule has 1 aliphatic heterocycles.